The summed E-state index contributed by atoms with van der Waals surface area (Å²) in [5, 5.41) is 3.34. The molecule has 1 atom stereocenters. The van der Waals surface area contributed by atoms with E-state index in [0.717, 1.165) is 32.5 Å². The Morgan fingerprint density at radius 3 is 2.15 bits per heavy atom. The van der Waals surface area contributed by atoms with Crippen LogP contribution in [0.5, 0.6) is 17.2 Å². The van der Waals surface area contributed by atoms with Crippen molar-refractivity contribution in [3.8, 4) is 17.2 Å². The van der Waals surface area contributed by atoms with Crippen LogP contribution in [0.2, 0.25) is 0 Å². The van der Waals surface area contributed by atoms with E-state index < -0.39 is 0 Å². The first-order valence-electron chi connectivity index (χ1n) is 9.74. The summed E-state index contributed by atoms with van der Waals surface area (Å²) in [5.74, 6) is 1.71. The van der Waals surface area contributed by atoms with E-state index in [2.05, 4.69) is 12.2 Å². The van der Waals surface area contributed by atoms with E-state index in [1.165, 1.54) is 0 Å². The van der Waals surface area contributed by atoms with Crippen LogP contribution >= 0.6 is 0 Å². The number of nitrogens with one attached hydrogen (secondary N) is 1. The van der Waals surface area contributed by atoms with Crippen LogP contribution in [0.3, 0.4) is 0 Å². The molecule has 0 aliphatic carbocycles. The second kappa shape index (κ2) is 10.3. The number of hydrogen-bond donors (Lipinski definition) is 1. The summed E-state index contributed by atoms with van der Waals surface area (Å²) >= 11 is 0. The first kappa shape index (κ1) is 20.4. The summed E-state index contributed by atoms with van der Waals surface area (Å²) in [5.41, 5.74) is 0.584. The van der Waals surface area contributed by atoms with Crippen LogP contribution in [0.4, 0.5) is 0 Å². The number of amides is 1. The van der Waals surface area contributed by atoms with Crippen LogP contribution in [-0.2, 0) is 0 Å². The van der Waals surface area contributed by atoms with Gasteiger partial charge in [-0.2, -0.15) is 0 Å². The second-order valence-corrected chi connectivity index (χ2v) is 6.25. The molecule has 0 spiro atoms. The summed E-state index contributed by atoms with van der Waals surface area (Å²) in [6.45, 7) is 11.9. The molecule has 1 aliphatic heterocycles. The molecule has 0 radical (unpaired) electrons. The number of carbonyl (C=O) groups is 1. The minimum Gasteiger partial charge on any atom is -0.490 e. The lowest BCUT2D eigenvalue weighted by Crippen LogP contribution is -2.42. The molecule has 1 aliphatic rings. The van der Waals surface area contributed by atoms with E-state index in [0.29, 0.717) is 42.6 Å². The molecule has 1 aromatic carbocycles. The smallest absolute Gasteiger partial charge is 0.254 e. The molecule has 1 amide bonds. The minimum absolute atomic E-state index is 0.0190. The van der Waals surface area contributed by atoms with Gasteiger partial charge in [-0.3, -0.25) is 4.79 Å². The zero-order chi connectivity index (χ0) is 18.9. The Bertz CT molecular complexity index is 558. The molecule has 1 heterocycles. The largest absolute Gasteiger partial charge is 0.490 e. The second-order valence-electron chi connectivity index (χ2n) is 6.25. The highest BCUT2D eigenvalue weighted by molar-refractivity contribution is 5.96. The first-order valence-corrected chi connectivity index (χ1v) is 9.74. The maximum absolute atomic E-state index is 13.3. The maximum atomic E-state index is 13.3. The van der Waals surface area contributed by atoms with Crippen molar-refractivity contribution in [1.29, 1.82) is 0 Å². The maximum Gasteiger partial charge on any atom is 0.254 e. The Morgan fingerprint density at radius 2 is 1.69 bits per heavy atom. The molecule has 1 N–H and O–H groups in total. The molecular weight excluding hydrogens is 332 g/mol. The van der Waals surface area contributed by atoms with Gasteiger partial charge in [0.2, 0.25) is 5.75 Å². The Morgan fingerprint density at radius 1 is 1.08 bits per heavy atom. The average Bonchev–Trinajstić information content (AvgIpc) is 3.16. The molecule has 6 nitrogen and oxygen atoms in total. The summed E-state index contributed by atoms with van der Waals surface area (Å²) in [7, 11) is 0. The predicted octanol–water partition coefficient (Wildman–Crippen LogP) is 3.10. The van der Waals surface area contributed by atoms with Crippen LogP contribution in [0.25, 0.3) is 0 Å². The Kier molecular flexibility index (Phi) is 8.04. The molecule has 1 aromatic rings. The third kappa shape index (κ3) is 4.81. The van der Waals surface area contributed by atoms with Gasteiger partial charge in [0.05, 0.1) is 19.8 Å². The van der Waals surface area contributed by atoms with Gasteiger partial charge in [-0.1, -0.05) is 6.92 Å². The van der Waals surface area contributed by atoms with Crippen LogP contribution in [-0.4, -0.2) is 56.3 Å². The number of rotatable bonds is 10. The van der Waals surface area contributed by atoms with E-state index in [9.17, 15) is 4.79 Å². The van der Waals surface area contributed by atoms with E-state index in [1.54, 1.807) is 12.1 Å². The lowest BCUT2D eigenvalue weighted by Gasteiger charge is -2.29. The number of ether oxygens (including phenoxy) is 3. The average molecular weight is 364 g/mol. The molecule has 2 rings (SSSR count). The highest BCUT2D eigenvalue weighted by atomic mass is 16.5. The van der Waals surface area contributed by atoms with Crippen molar-refractivity contribution in [3.05, 3.63) is 17.7 Å². The van der Waals surface area contributed by atoms with Crippen molar-refractivity contribution < 1.29 is 19.0 Å². The third-order valence-electron chi connectivity index (χ3n) is 4.36. The molecule has 0 aromatic heterocycles. The van der Waals surface area contributed by atoms with E-state index in [1.807, 2.05) is 25.7 Å². The molecule has 1 saturated heterocycles. The predicted molar refractivity (Wildman–Crippen MR) is 103 cm³/mol. The van der Waals surface area contributed by atoms with Gasteiger partial charge in [-0.15, -0.1) is 0 Å². The van der Waals surface area contributed by atoms with E-state index >= 15 is 0 Å². The van der Waals surface area contributed by atoms with Crippen molar-refractivity contribution in [2.24, 2.45) is 0 Å². The fourth-order valence-corrected chi connectivity index (χ4v) is 3.27. The standard InChI is InChI=1S/C20H32N2O4/c1-5-11-22(16-9-10-21-14-16)20(23)15-12-17(24-6-2)19(26-8-4)18(13-15)25-7-3/h12-13,16,21H,5-11,14H2,1-4H3. The first-order chi connectivity index (χ1) is 12.7. The number of hydrogen-bond acceptors (Lipinski definition) is 5. The van der Waals surface area contributed by atoms with E-state index in [-0.39, 0.29) is 11.9 Å². The zero-order valence-electron chi connectivity index (χ0n) is 16.5. The van der Waals surface area contributed by atoms with Gasteiger partial charge in [0, 0.05) is 24.7 Å². The van der Waals surface area contributed by atoms with Crippen LogP contribution < -0.4 is 19.5 Å². The highest BCUT2D eigenvalue weighted by Gasteiger charge is 2.28. The molecular formula is C20H32N2O4. The van der Waals surface area contributed by atoms with Gasteiger partial charge < -0.3 is 24.4 Å². The van der Waals surface area contributed by atoms with Crippen molar-refractivity contribution in [3.63, 3.8) is 0 Å². The molecule has 0 saturated carbocycles. The molecule has 1 unspecified atom stereocenters. The molecule has 0 bridgehead atoms. The number of carbonyl (C=O) groups excluding carboxylic acids is 1. The fraction of sp³-hybridized carbons (Fsp3) is 0.650. The molecule has 26 heavy (non-hydrogen) atoms. The van der Waals surface area contributed by atoms with Crippen molar-refractivity contribution >= 4 is 5.91 Å². The summed E-state index contributed by atoms with van der Waals surface area (Å²) < 4.78 is 17.2. The minimum atomic E-state index is 0.0190. The lowest BCUT2D eigenvalue weighted by molar-refractivity contribution is 0.0691. The monoisotopic (exact) mass is 364 g/mol. The van der Waals surface area contributed by atoms with Crippen molar-refractivity contribution in [2.75, 3.05) is 39.5 Å². The third-order valence-corrected chi connectivity index (χ3v) is 4.36. The highest BCUT2D eigenvalue weighted by Crippen LogP contribution is 2.39. The Hall–Kier alpha value is -1.95. The quantitative estimate of drug-likeness (QED) is 0.691. The Labute approximate surface area is 156 Å². The molecule has 146 valence electrons. The Balaban J connectivity index is 2.40. The lowest BCUT2D eigenvalue weighted by atomic mass is 10.1. The zero-order valence-corrected chi connectivity index (χ0v) is 16.5. The van der Waals surface area contributed by atoms with Crippen LogP contribution in [0.15, 0.2) is 12.1 Å². The van der Waals surface area contributed by atoms with Gasteiger partial charge >= 0.3 is 0 Å². The topological polar surface area (TPSA) is 60.0 Å². The van der Waals surface area contributed by atoms with Crippen molar-refractivity contribution in [2.45, 2.75) is 46.6 Å². The summed E-state index contributed by atoms with van der Waals surface area (Å²) in [6, 6.07) is 3.80. The van der Waals surface area contributed by atoms with Gasteiger partial charge in [-0.25, -0.2) is 0 Å². The SMILES string of the molecule is CCCN(C(=O)c1cc(OCC)c(OCC)c(OCC)c1)C1CCNC1. The van der Waals surface area contributed by atoms with Crippen LogP contribution in [0.1, 0.15) is 50.9 Å². The van der Waals surface area contributed by atoms with Crippen molar-refractivity contribution in [1.82, 2.24) is 10.2 Å². The van der Waals surface area contributed by atoms with Gasteiger partial charge in [0.15, 0.2) is 11.5 Å². The van der Waals surface area contributed by atoms with Gasteiger partial charge in [0.25, 0.3) is 5.91 Å². The number of nitrogens with zero attached hydrogens (tertiary/aromatic N) is 1. The summed E-state index contributed by atoms with van der Waals surface area (Å²) in [4.78, 5) is 15.2. The summed E-state index contributed by atoms with van der Waals surface area (Å²) in [6.07, 6.45) is 1.91. The fourth-order valence-electron chi connectivity index (χ4n) is 3.27. The van der Waals surface area contributed by atoms with E-state index in [4.69, 9.17) is 14.2 Å². The number of benzene rings is 1. The molecule has 1 fully saturated rings. The van der Waals surface area contributed by atoms with Gasteiger partial charge in [-0.05, 0) is 52.3 Å². The van der Waals surface area contributed by atoms with Crippen LogP contribution in [0, 0.1) is 0 Å². The van der Waals surface area contributed by atoms with Gasteiger partial charge in [0.1, 0.15) is 0 Å². The normalized spacial score (nSPS) is 16.4. The molecule has 6 heteroatoms.